The fourth-order valence-corrected chi connectivity index (χ4v) is 8.38. The minimum absolute atomic E-state index is 0.127. The second-order valence-electron chi connectivity index (χ2n) is 12.9. The predicted molar refractivity (Wildman–Crippen MR) is 154 cm³/mol. The molecule has 0 amide bonds. The summed E-state index contributed by atoms with van der Waals surface area (Å²) in [6.07, 6.45) is 10.2. The van der Waals surface area contributed by atoms with Gasteiger partial charge in [-0.3, -0.25) is 4.90 Å². The average Bonchev–Trinajstić information content (AvgIpc) is 3.33. The first-order valence-corrected chi connectivity index (χ1v) is 15.5. The van der Waals surface area contributed by atoms with Crippen LogP contribution in [0.25, 0.3) is 11.2 Å². The molecule has 8 rings (SSSR count). The highest BCUT2D eigenvalue weighted by molar-refractivity contribution is 6.31. The van der Waals surface area contributed by atoms with Gasteiger partial charge in [-0.2, -0.15) is 9.97 Å². The van der Waals surface area contributed by atoms with Crippen LogP contribution in [-0.4, -0.2) is 79.9 Å². The summed E-state index contributed by atoms with van der Waals surface area (Å²) in [6, 6.07) is 4.47. The maximum Gasteiger partial charge on any atom is 0.247 e. The van der Waals surface area contributed by atoms with Gasteiger partial charge in [-0.05, 0) is 93.1 Å². The van der Waals surface area contributed by atoms with Crippen molar-refractivity contribution in [2.75, 3.05) is 37.7 Å². The Morgan fingerprint density at radius 1 is 1.12 bits per heavy atom. The number of aromatic nitrogens is 4. The van der Waals surface area contributed by atoms with Crippen molar-refractivity contribution in [3.63, 3.8) is 0 Å². The normalized spacial score (nSPS) is 28.9. The first-order chi connectivity index (χ1) is 19.5. The zero-order valence-corrected chi connectivity index (χ0v) is 23.9. The van der Waals surface area contributed by atoms with Gasteiger partial charge in [0.2, 0.25) is 11.8 Å². The summed E-state index contributed by atoms with van der Waals surface area (Å²) in [5.41, 5.74) is 3.76. The molecule has 5 fully saturated rings. The quantitative estimate of drug-likeness (QED) is 0.439. The zero-order chi connectivity index (χ0) is 27.0. The Morgan fingerprint density at radius 3 is 2.60 bits per heavy atom. The number of hydrogen-bond acceptors (Lipinski definition) is 8. The topological polar surface area (TPSA) is 91.6 Å². The van der Waals surface area contributed by atoms with Crippen molar-refractivity contribution in [1.82, 2.24) is 29.7 Å². The number of phenols is 1. The van der Waals surface area contributed by atoms with E-state index in [9.17, 15) is 5.11 Å². The van der Waals surface area contributed by atoms with Crippen molar-refractivity contribution in [2.24, 2.45) is 5.92 Å². The largest absolute Gasteiger partial charge is 0.508 e. The number of imidazole rings is 1. The number of fused-ring (bicyclic) bond motifs is 4. The van der Waals surface area contributed by atoms with Crippen LogP contribution < -0.4 is 15.0 Å². The lowest BCUT2D eigenvalue weighted by Crippen LogP contribution is -2.51. The van der Waals surface area contributed by atoms with Crippen LogP contribution in [0.15, 0.2) is 18.5 Å². The minimum Gasteiger partial charge on any atom is -0.508 e. The molecule has 0 unspecified atom stereocenters. The number of aromatic hydroxyl groups is 1. The van der Waals surface area contributed by atoms with Crippen LogP contribution in [0, 0.1) is 5.92 Å². The SMILES string of the molecule is C[C@H]1C[C@@H]1c1c(Cl)cc(O)cc1Cn1cnc2c(OCC34CCCN3CCC4)nc(N3C[C@H]4CC[C@@H](C3)N4)nc21. The lowest BCUT2D eigenvalue weighted by Gasteiger charge is -2.33. The van der Waals surface area contributed by atoms with E-state index in [1.807, 2.05) is 12.4 Å². The molecule has 0 radical (unpaired) electrons. The van der Waals surface area contributed by atoms with E-state index < -0.39 is 0 Å². The van der Waals surface area contributed by atoms with Gasteiger partial charge in [0.1, 0.15) is 12.4 Å². The first-order valence-electron chi connectivity index (χ1n) is 15.1. The lowest BCUT2D eigenvalue weighted by atomic mass is 9.95. The molecular weight excluding hydrogens is 526 g/mol. The highest BCUT2D eigenvalue weighted by atomic mass is 35.5. The lowest BCUT2D eigenvalue weighted by molar-refractivity contribution is 0.111. The van der Waals surface area contributed by atoms with E-state index >= 15 is 0 Å². The maximum absolute atomic E-state index is 10.4. The fourth-order valence-electron chi connectivity index (χ4n) is 8.00. The van der Waals surface area contributed by atoms with Crippen molar-refractivity contribution in [3.05, 3.63) is 34.6 Å². The second kappa shape index (κ2) is 9.46. The molecular formula is C30H38ClN7O2. The number of rotatable bonds is 7. The maximum atomic E-state index is 10.4. The van der Waals surface area contributed by atoms with Crippen LogP contribution in [0.2, 0.25) is 5.02 Å². The van der Waals surface area contributed by atoms with Crippen molar-refractivity contribution < 1.29 is 9.84 Å². The van der Waals surface area contributed by atoms with E-state index in [2.05, 4.69) is 26.6 Å². The molecule has 5 aliphatic rings. The molecule has 4 aliphatic heterocycles. The van der Waals surface area contributed by atoms with Crippen LogP contribution in [-0.2, 0) is 6.54 Å². The highest BCUT2D eigenvalue weighted by Gasteiger charge is 2.45. The molecule has 1 aliphatic carbocycles. The van der Waals surface area contributed by atoms with Gasteiger partial charge in [-0.25, -0.2) is 4.98 Å². The third kappa shape index (κ3) is 4.23. The Bertz CT molecular complexity index is 1440. The predicted octanol–water partition coefficient (Wildman–Crippen LogP) is 4.30. The van der Waals surface area contributed by atoms with E-state index in [-0.39, 0.29) is 11.3 Å². The molecule has 4 saturated heterocycles. The Morgan fingerprint density at radius 2 is 1.88 bits per heavy atom. The standard InChI is InChI=1S/C30H38ClN7O2/c1-18-10-23(18)25-19(11-22(39)12-24(25)31)13-37-17-32-26-27(37)34-29(36-14-20-4-5-21(15-36)33-20)35-28(26)40-16-30-6-2-8-38(30)9-3-7-30/h11-12,17-18,20-21,23,33,39H,2-10,13-16H2,1H3/t18-,20-,21+,23-/m0/s1. The number of nitrogens with zero attached hydrogens (tertiary/aromatic N) is 6. The number of piperazine rings is 1. The highest BCUT2D eigenvalue weighted by Crippen LogP contribution is 2.51. The number of phenolic OH excluding ortho intramolecular Hbond substituents is 1. The number of hydrogen-bond donors (Lipinski definition) is 2. The summed E-state index contributed by atoms with van der Waals surface area (Å²) in [4.78, 5) is 19.9. The Hall–Kier alpha value is -2.62. The van der Waals surface area contributed by atoms with Gasteiger partial charge >= 0.3 is 0 Å². The minimum atomic E-state index is 0.127. The zero-order valence-electron chi connectivity index (χ0n) is 23.2. The second-order valence-corrected chi connectivity index (χ2v) is 13.4. The molecule has 1 saturated carbocycles. The molecule has 4 atom stereocenters. The van der Waals surface area contributed by atoms with Gasteiger partial charge in [-0.1, -0.05) is 18.5 Å². The summed E-state index contributed by atoms with van der Waals surface area (Å²) in [6.45, 7) is 7.57. The van der Waals surface area contributed by atoms with Gasteiger partial charge in [0.15, 0.2) is 11.2 Å². The number of halogens is 1. The van der Waals surface area contributed by atoms with Gasteiger partial charge in [0.25, 0.3) is 0 Å². The molecule has 1 aromatic carbocycles. The molecule has 212 valence electrons. The van der Waals surface area contributed by atoms with Gasteiger partial charge in [0.05, 0.1) is 18.4 Å². The number of ether oxygens (including phenoxy) is 1. The van der Waals surface area contributed by atoms with Gasteiger partial charge < -0.3 is 24.6 Å². The van der Waals surface area contributed by atoms with Crippen LogP contribution in [0.3, 0.4) is 0 Å². The molecule has 3 aromatic rings. The molecule has 0 spiro atoms. The summed E-state index contributed by atoms with van der Waals surface area (Å²) in [5, 5.41) is 14.8. The van der Waals surface area contributed by atoms with E-state index in [0.717, 1.165) is 42.2 Å². The number of nitrogens with one attached hydrogen (secondary N) is 1. The Labute approximate surface area is 239 Å². The van der Waals surface area contributed by atoms with E-state index in [1.165, 1.54) is 51.6 Å². The van der Waals surface area contributed by atoms with Crippen LogP contribution in [0.1, 0.15) is 68.9 Å². The van der Waals surface area contributed by atoms with Crippen LogP contribution >= 0.6 is 11.6 Å². The van der Waals surface area contributed by atoms with Crippen LogP contribution in [0.4, 0.5) is 5.95 Å². The van der Waals surface area contributed by atoms with Crippen molar-refractivity contribution >= 4 is 28.7 Å². The molecule has 6 heterocycles. The van der Waals surface area contributed by atoms with Crippen molar-refractivity contribution in [3.8, 4) is 11.6 Å². The molecule has 2 N–H and O–H groups in total. The first kappa shape index (κ1) is 25.1. The van der Waals surface area contributed by atoms with Gasteiger partial charge in [-0.15, -0.1) is 0 Å². The summed E-state index contributed by atoms with van der Waals surface area (Å²) >= 11 is 6.68. The monoisotopic (exact) mass is 563 g/mol. The summed E-state index contributed by atoms with van der Waals surface area (Å²) < 4.78 is 8.70. The van der Waals surface area contributed by atoms with Crippen molar-refractivity contribution in [1.29, 1.82) is 0 Å². The van der Waals surface area contributed by atoms with Crippen molar-refractivity contribution in [2.45, 2.75) is 82.0 Å². The summed E-state index contributed by atoms with van der Waals surface area (Å²) in [5.74, 6) is 2.53. The molecule has 40 heavy (non-hydrogen) atoms. The van der Waals surface area contributed by atoms with E-state index in [1.54, 1.807) is 6.07 Å². The molecule has 9 nitrogen and oxygen atoms in total. The van der Waals surface area contributed by atoms with Gasteiger partial charge in [0, 0.05) is 30.2 Å². The Balaban J connectivity index is 1.17. The van der Waals surface area contributed by atoms with E-state index in [0.29, 0.717) is 53.5 Å². The molecule has 10 heteroatoms. The molecule has 2 aromatic heterocycles. The van der Waals surface area contributed by atoms with Crippen LogP contribution in [0.5, 0.6) is 11.6 Å². The third-order valence-corrected chi connectivity index (χ3v) is 10.5. The summed E-state index contributed by atoms with van der Waals surface area (Å²) in [7, 11) is 0. The Kier molecular flexibility index (Phi) is 5.94. The third-order valence-electron chi connectivity index (χ3n) is 10.2. The average molecular weight is 564 g/mol. The smallest absolute Gasteiger partial charge is 0.247 e. The number of benzene rings is 1. The fraction of sp³-hybridized carbons (Fsp3) is 0.633. The molecule has 2 bridgehead atoms. The number of anilines is 1. The van der Waals surface area contributed by atoms with E-state index in [4.69, 9.17) is 31.3 Å².